The molecule has 0 spiro atoms. The van der Waals surface area contributed by atoms with Crippen molar-refractivity contribution in [1.29, 1.82) is 0 Å². The second kappa shape index (κ2) is 2.77. The number of fused-ring (bicyclic) bond motifs is 1. The number of hydrogen-bond acceptors (Lipinski definition) is 1. The Labute approximate surface area is 78.2 Å². The third-order valence-electron chi connectivity index (χ3n) is 2.54. The fraction of sp³-hybridized carbons (Fsp3) is 0.167. The molecular formula is C12H13N. The van der Waals surface area contributed by atoms with Crippen LogP contribution in [-0.2, 0) is 0 Å². The second-order valence-corrected chi connectivity index (χ2v) is 3.47. The van der Waals surface area contributed by atoms with Crippen LogP contribution in [0.3, 0.4) is 0 Å². The molecule has 0 amide bonds. The van der Waals surface area contributed by atoms with Gasteiger partial charge in [-0.1, -0.05) is 30.3 Å². The van der Waals surface area contributed by atoms with Gasteiger partial charge in [0.25, 0.3) is 0 Å². The van der Waals surface area contributed by atoms with Crippen molar-refractivity contribution in [2.45, 2.75) is 13.8 Å². The second-order valence-electron chi connectivity index (χ2n) is 3.47. The van der Waals surface area contributed by atoms with E-state index in [0.29, 0.717) is 0 Å². The Morgan fingerprint density at radius 2 is 1.62 bits per heavy atom. The Hall–Kier alpha value is -1.50. The maximum absolute atomic E-state index is 5.99. The summed E-state index contributed by atoms with van der Waals surface area (Å²) in [6.45, 7) is 4.15. The van der Waals surface area contributed by atoms with Crippen molar-refractivity contribution >= 4 is 16.5 Å². The van der Waals surface area contributed by atoms with Crippen molar-refractivity contribution in [3.8, 4) is 0 Å². The Bertz CT molecular complexity index is 458. The summed E-state index contributed by atoms with van der Waals surface area (Å²) in [5, 5.41) is 2.42. The van der Waals surface area contributed by atoms with Gasteiger partial charge in [-0.15, -0.1) is 0 Å². The summed E-state index contributed by atoms with van der Waals surface area (Å²) in [6, 6.07) is 10.4. The van der Waals surface area contributed by atoms with Gasteiger partial charge in [-0.05, 0) is 30.4 Å². The normalized spacial score (nSPS) is 10.6. The molecule has 0 aromatic heterocycles. The van der Waals surface area contributed by atoms with Crippen molar-refractivity contribution in [2.75, 3.05) is 5.73 Å². The lowest BCUT2D eigenvalue weighted by atomic mass is 10.0. The van der Waals surface area contributed by atoms with Gasteiger partial charge in [0, 0.05) is 11.1 Å². The summed E-state index contributed by atoms with van der Waals surface area (Å²) in [5.74, 6) is 0. The van der Waals surface area contributed by atoms with Gasteiger partial charge >= 0.3 is 0 Å². The zero-order valence-electron chi connectivity index (χ0n) is 7.96. The van der Waals surface area contributed by atoms with Crippen LogP contribution >= 0.6 is 0 Å². The molecule has 13 heavy (non-hydrogen) atoms. The molecule has 1 heteroatoms. The third kappa shape index (κ3) is 1.17. The van der Waals surface area contributed by atoms with E-state index in [1.165, 1.54) is 16.3 Å². The largest absolute Gasteiger partial charge is 0.398 e. The molecule has 2 N–H and O–H groups in total. The number of anilines is 1. The minimum Gasteiger partial charge on any atom is -0.398 e. The van der Waals surface area contributed by atoms with E-state index in [1.807, 2.05) is 13.0 Å². The highest BCUT2D eigenvalue weighted by Crippen LogP contribution is 2.26. The van der Waals surface area contributed by atoms with Gasteiger partial charge in [0.2, 0.25) is 0 Å². The maximum Gasteiger partial charge on any atom is 0.0423 e. The third-order valence-corrected chi connectivity index (χ3v) is 2.54. The molecule has 2 aromatic rings. The van der Waals surface area contributed by atoms with Gasteiger partial charge in [-0.3, -0.25) is 0 Å². The van der Waals surface area contributed by atoms with Crippen molar-refractivity contribution in [2.24, 2.45) is 0 Å². The fourth-order valence-electron chi connectivity index (χ4n) is 1.65. The average molecular weight is 171 g/mol. The molecule has 0 atom stereocenters. The molecule has 0 heterocycles. The molecule has 0 radical (unpaired) electrons. The van der Waals surface area contributed by atoms with Crippen molar-refractivity contribution in [3.63, 3.8) is 0 Å². The lowest BCUT2D eigenvalue weighted by molar-refractivity contribution is 1.47. The van der Waals surface area contributed by atoms with Crippen LogP contribution in [0.15, 0.2) is 30.3 Å². The zero-order chi connectivity index (χ0) is 9.42. The SMILES string of the molecule is Cc1ccc2c(C)cccc2c1N. The van der Waals surface area contributed by atoms with E-state index in [2.05, 4.69) is 31.2 Å². The van der Waals surface area contributed by atoms with Crippen LogP contribution < -0.4 is 5.73 Å². The quantitative estimate of drug-likeness (QED) is 0.606. The number of nitrogens with two attached hydrogens (primary N) is 1. The van der Waals surface area contributed by atoms with E-state index in [1.54, 1.807) is 0 Å². The summed E-state index contributed by atoms with van der Waals surface area (Å²) in [4.78, 5) is 0. The van der Waals surface area contributed by atoms with Crippen LogP contribution in [0.2, 0.25) is 0 Å². The van der Waals surface area contributed by atoms with Gasteiger partial charge < -0.3 is 5.73 Å². The average Bonchev–Trinajstić information content (AvgIpc) is 2.12. The van der Waals surface area contributed by atoms with Gasteiger partial charge in [0.1, 0.15) is 0 Å². The molecule has 0 saturated carbocycles. The summed E-state index contributed by atoms with van der Waals surface area (Å²) >= 11 is 0. The van der Waals surface area contributed by atoms with Crippen molar-refractivity contribution in [1.82, 2.24) is 0 Å². The molecule has 66 valence electrons. The predicted octanol–water partition coefficient (Wildman–Crippen LogP) is 3.04. The van der Waals surface area contributed by atoms with Crippen LogP contribution in [0.1, 0.15) is 11.1 Å². The molecule has 0 unspecified atom stereocenters. The molecule has 0 aliphatic rings. The van der Waals surface area contributed by atoms with E-state index in [0.717, 1.165) is 11.3 Å². The van der Waals surface area contributed by atoms with Crippen LogP contribution in [0, 0.1) is 13.8 Å². The molecule has 2 aromatic carbocycles. The molecule has 2 rings (SSSR count). The monoisotopic (exact) mass is 171 g/mol. The lowest BCUT2D eigenvalue weighted by Crippen LogP contribution is -1.91. The molecule has 0 aliphatic carbocycles. The topological polar surface area (TPSA) is 26.0 Å². The van der Waals surface area contributed by atoms with E-state index < -0.39 is 0 Å². The highest BCUT2D eigenvalue weighted by molar-refractivity contribution is 5.96. The van der Waals surface area contributed by atoms with Crippen LogP contribution in [-0.4, -0.2) is 0 Å². The fourth-order valence-corrected chi connectivity index (χ4v) is 1.65. The predicted molar refractivity (Wildman–Crippen MR) is 57.8 cm³/mol. The van der Waals surface area contributed by atoms with E-state index >= 15 is 0 Å². The van der Waals surface area contributed by atoms with E-state index in [9.17, 15) is 0 Å². The summed E-state index contributed by atoms with van der Waals surface area (Å²) < 4.78 is 0. The van der Waals surface area contributed by atoms with E-state index in [-0.39, 0.29) is 0 Å². The van der Waals surface area contributed by atoms with Gasteiger partial charge in [0.05, 0.1) is 0 Å². The first kappa shape index (κ1) is 8.11. The minimum atomic E-state index is 0.904. The Balaban J connectivity index is 2.94. The summed E-state index contributed by atoms with van der Waals surface area (Å²) in [5.41, 5.74) is 9.32. The summed E-state index contributed by atoms with van der Waals surface area (Å²) in [7, 11) is 0. The van der Waals surface area contributed by atoms with Crippen molar-refractivity contribution < 1.29 is 0 Å². The molecule has 1 nitrogen and oxygen atoms in total. The van der Waals surface area contributed by atoms with Gasteiger partial charge in [0.15, 0.2) is 0 Å². The molecule has 0 saturated heterocycles. The number of benzene rings is 2. The number of aryl methyl sites for hydroxylation is 2. The van der Waals surface area contributed by atoms with Crippen LogP contribution in [0.25, 0.3) is 10.8 Å². The molecular weight excluding hydrogens is 158 g/mol. The Morgan fingerprint density at radius 1 is 0.846 bits per heavy atom. The highest BCUT2D eigenvalue weighted by atomic mass is 14.6. The van der Waals surface area contributed by atoms with Gasteiger partial charge in [-0.2, -0.15) is 0 Å². The summed E-state index contributed by atoms with van der Waals surface area (Å²) in [6.07, 6.45) is 0. The molecule has 0 bridgehead atoms. The first-order valence-corrected chi connectivity index (χ1v) is 4.44. The number of rotatable bonds is 0. The zero-order valence-corrected chi connectivity index (χ0v) is 7.96. The first-order valence-electron chi connectivity index (χ1n) is 4.44. The van der Waals surface area contributed by atoms with Crippen molar-refractivity contribution in [3.05, 3.63) is 41.5 Å². The number of nitrogen functional groups attached to an aromatic ring is 1. The number of hydrogen-bond donors (Lipinski definition) is 1. The maximum atomic E-state index is 5.99. The van der Waals surface area contributed by atoms with Crippen LogP contribution in [0.5, 0.6) is 0 Å². The smallest absolute Gasteiger partial charge is 0.0423 e. The Morgan fingerprint density at radius 3 is 2.38 bits per heavy atom. The molecule has 0 fully saturated rings. The standard InChI is InChI=1S/C12H13N/c1-8-4-3-5-11-10(8)7-6-9(2)12(11)13/h3-7H,13H2,1-2H3. The lowest BCUT2D eigenvalue weighted by Gasteiger charge is -2.06. The van der Waals surface area contributed by atoms with Crippen LogP contribution in [0.4, 0.5) is 5.69 Å². The van der Waals surface area contributed by atoms with Gasteiger partial charge in [-0.25, -0.2) is 0 Å². The highest BCUT2D eigenvalue weighted by Gasteiger charge is 2.01. The Kier molecular flexibility index (Phi) is 1.73. The molecule has 0 aliphatic heterocycles. The van der Waals surface area contributed by atoms with E-state index in [4.69, 9.17) is 5.73 Å². The minimum absolute atomic E-state index is 0.904. The first-order chi connectivity index (χ1) is 6.20.